The quantitative estimate of drug-likeness (QED) is 0.390. The summed E-state index contributed by atoms with van der Waals surface area (Å²) in [5.41, 5.74) is 0. The zero-order chi connectivity index (χ0) is 20.1. The maximum absolute atomic E-state index is 10.4. The number of rotatable bonds is 12. The number of aliphatic hydroxyl groups excluding tert-OH is 3. The molecule has 0 aromatic carbocycles. The molecule has 152 valence electrons. The minimum atomic E-state index is -0.838. The number of aliphatic hydroxyl groups is 3. The second-order valence-electron chi connectivity index (χ2n) is 7.03. The third-order valence-electron chi connectivity index (χ3n) is 4.79. The van der Waals surface area contributed by atoms with Crippen molar-refractivity contribution < 1.29 is 25.2 Å². The summed E-state index contributed by atoms with van der Waals surface area (Å²) in [7, 11) is 0. The van der Waals surface area contributed by atoms with E-state index in [-0.39, 0.29) is 18.3 Å². The fraction of sp³-hybridized carbons (Fsp3) is 0.591. The van der Waals surface area contributed by atoms with Gasteiger partial charge >= 0.3 is 5.97 Å². The molecule has 0 aliphatic heterocycles. The van der Waals surface area contributed by atoms with Gasteiger partial charge in [0, 0.05) is 18.8 Å². The topological polar surface area (TPSA) is 98.0 Å². The number of carboxylic acid groups (broad SMARTS) is 1. The first-order valence-electron chi connectivity index (χ1n) is 9.85. The lowest BCUT2D eigenvalue weighted by Crippen LogP contribution is -2.20. The van der Waals surface area contributed by atoms with Crippen molar-refractivity contribution in [2.75, 3.05) is 0 Å². The molecule has 5 atom stereocenters. The van der Waals surface area contributed by atoms with Crippen LogP contribution in [0.5, 0.6) is 0 Å². The summed E-state index contributed by atoms with van der Waals surface area (Å²) in [4.78, 5) is 10.4. The number of carboxylic acids is 1. The Morgan fingerprint density at radius 1 is 1.07 bits per heavy atom. The maximum Gasteiger partial charge on any atom is 0.303 e. The highest BCUT2D eigenvalue weighted by molar-refractivity contribution is 5.66. The van der Waals surface area contributed by atoms with Crippen molar-refractivity contribution in [3.05, 3.63) is 48.6 Å². The van der Waals surface area contributed by atoms with E-state index < -0.39 is 24.3 Å². The monoisotopic (exact) mass is 378 g/mol. The fourth-order valence-corrected chi connectivity index (χ4v) is 3.29. The van der Waals surface area contributed by atoms with Crippen molar-refractivity contribution in [2.45, 2.75) is 70.2 Å². The second kappa shape index (κ2) is 13.5. The van der Waals surface area contributed by atoms with E-state index >= 15 is 0 Å². The van der Waals surface area contributed by atoms with Crippen molar-refractivity contribution >= 4 is 5.97 Å². The van der Waals surface area contributed by atoms with Crippen LogP contribution in [0.4, 0.5) is 0 Å². The minimum absolute atomic E-state index is 0.0547. The average molecular weight is 379 g/mol. The first kappa shape index (κ1) is 23.3. The van der Waals surface area contributed by atoms with Gasteiger partial charge in [0.2, 0.25) is 0 Å². The third-order valence-corrected chi connectivity index (χ3v) is 4.79. The predicted molar refractivity (Wildman–Crippen MR) is 107 cm³/mol. The Balaban J connectivity index is 2.49. The van der Waals surface area contributed by atoms with Gasteiger partial charge in [0.05, 0.1) is 18.3 Å². The van der Waals surface area contributed by atoms with Crippen molar-refractivity contribution in [3.8, 4) is 0 Å². The minimum Gasteiger partial charge on any atom is -0.481 e. The first-order chi connectivity index (χ1) is 13.0. The molecular formula is C22H34O5. The van der Waals surface area contributed by atoms with Gasteiger partial charge in [-0.25, -0.2) is 0 Å². The molecule has 0 radical (unpaired) electrons. The summed E-state index contributed by atoms with van der Waals surface area (Å²) >= 11 is 0. The summed E-state index contributed by atoms with van der Waals surface area (Å²) in [6, 6.07) is 0. The molecule has 0 saturated heterocycles. The van der Waals surface area contributed by atoms with E-state index in [9.17, 15) is 20.1 Å². The van der Waals surface area contributed by atoms with E-state index in [1.54, 1.807) is 18.2 Å². The van der Waals surface area contributed by atoms with Gasteiger partial charge in [-0.3, -0.25) is 4.79 Å². The summed E-state index contributed by atoms with van der Waals surface area (Å²) in [6.07, 6.45) is 17.4. The van der Waals surface area contributed by atoms with Crippen molar-refractivity contribution in [2.24, 2.45) is 11.8 Å². The molecule has 0 aromatic heterocycles. The Kier molecular flexibility index (Phi) is 11.7. The molecular weight excluding hydrogens is 344 g/mol. The lowest BCUT2D eigenvalue weighted by molar-refractivity contribution is -0.136. The fourth-order valence-electron chi connectivity index (χ4n) is 3.29. The van der Waals surface area contributed by atoms with Gasteiger partial charge in [0.1, 0.15) is 0 Å². The number of hydrogen-bond donors (Lipinski definition) is 4. The highest BCUT2D eigenvalue weighted by Crippen LogP contribution is 2.36. The molecule has 1 fully saturated rings. The lowest BCUT2D eigenvalue weighted by atomic mass is 9.89. The normalized spacial score (nSPS) is 27.6. The Bertz CT molecular complexity index is 535. The van der Waals surface area contributed by atoms with E-state index in [0.717, 1.165) is 12.8 Å². The number of hydrogen-bond acceptors (Lipinski definition) is 4. The van der Waals surface area contributed by atoms with Crippen LogP contribution in [0.25, 0.3) is 0 Å². The van der Waals surface area contributed by atoms with Crippen LogP contribution in [-0.4, -0.2) is 44.7 Å². The SMILES string of the molecule is CCC=CCC=CCC1C(O)CC(O)C1C=CC(O)CC=CCCC(=O)O. The molecule has 0 spiro atoms. The molecule has 1 aliphatic carbocycles. The van der Waals surface area contributed by atoms with Gasteiger partial charge in [-0.15, -0.1) is 0 Å². The number of carbonyl (C=O) groups is 1. The van der Waals surface area contributed by atoms with Crippen LogP contribution in [0.15, 0.2) is 48.6 Å². The highest BCUT2D eigenvalue weighted by Gasteiger charge is 2.39. The van der Waals surface area contributed by atoms with Gasteiger partial charge in [0.15, 0.2) is 0 Å². The van der Waals surface area contributed by atoms with Crippen LogP contribution < -0.4 is 0 Å². The lowest BCUT2D eigenvalue weighted by Gasteiger charge is -2.19. The van der Waals surface area contributed by atoms with Crippen LogP contribution in [0.2, 0.25) is 0 Å². The van der Waals surface area contributed by atoms with E-state index in [4.69, 9.17) is 5.11 Å². The average Bonchev–Trinajstić information content (AvgIpc) is 2.88. The van der Waals surface area contributed by atoms with E-state index in [1.165, 1.54) is 0 Å². The van der Waals surface area contributed by atoms with E-state index in [2.05, 4.69) is 25.2 Å². The maximum atomic E-state index is 10.4. The highest BCUT2D eigenvalue weighted by atomic mass is 16.4. The molecule has 0 bridgehead atoms. The van der Waals surface area contributed by atoms with E-state index in [1.807, 2.05) is 12.2 Å². The largest absolute Gasteiger partial charge is 0.481 e. The molecule has 5 heteroatoms. The molecule has 0 heterocycles. The van der Waals surface area contributed by atoms with Crippen LogP contribution in [-0.2, 0) is 4.79 Å². The summed E-state index contributed by atoms with van der Waals surface area (Å²) in [5, 5.41) is 39.0. The summed E-state index contributed by atoms with van der Waals surface area (Å²) in [6.45, 7) is 2.09. The molecule has 1 saturated carbocycles. The Morgan fingerprint density at radius 2 is 1.81 bits per heavy atom. The molecule has 27 heavy (non-hydrogen) atoms. The Morgan fingerprint density at radius 3 is 2.52 bits per heavy atom. The summed E-state index contributed by atoms with van der Waals surface area (Å²) in [5.74, 6) is -1.07. The molecule has 5 nitrogen and oxygen atoms in total. The van der Waals surface area contributed by atoms with Gasteiger partial charge in [-0.1, -0.05) is 55.5 Å². The molecule has 4 N–H and O–H groups in total. The molecule has 1 rings (SSSR count). The summed E-state index contributed by atoms with van der Waals surface area (Å²) < 4.78 is 0. The van der Waals surface area contributed by atoms with Gasteiger partial charge < -0.3 is 20.4 Å². The molecule has 5 unspecified atom stereocenters. The van der Waals surface area contributed by atoms with Crippen LogP contribution in [0.3, 0.4) is 0 Å². The third kappa shape index (κ3) is 9.70. The molecule has 1 aliphatic rings. The van der Waals surface area contributed by atoms with Crippen molar-refractivity contribution in [1.29, 1.82) is 0 Å². The van der Waals surface area contributed by atoms with E-state index in [0.29, 0.717) is 25.7 Å². The zero-order valence-corrected chi connectivity index (χ0v) is 16.2. The first-order valence-corrected chi connectivity index (χ1v) is 9.85. The Labute approximate surface area is 162 Å². The zero-order valence-electron chi connectivity index (χ0n) is 16.2. The Hall–Kier alpha value is -1.69. The standard InChI is InChI=1S/C22H34O5/c1-2-3-4-5-6-9-12-18-19(21(25)16-20(18)24)15-14-17(23)11-8-7-10-13-22(26)27/h3-4,6-9,14-15,17-21,23-25H,2,5,10-13,16H2,1H3,(H,26,27). The molecule has 0 aromatic rings. The van der Waals surface area contributed by atoms with Crippen LogP contribution in [0.1, 0.15) is 51.9 Å². The smallest absolute Gasteiger partial charge is 0.303 e. The van der Waals surface area contributed by atoms with Crippen LogP contribution in [0, 0.1) is 11.8 Å². The predicted octanol–water partition coefficient (Wildman–Crippen LogP) is 3.38. The van der Waals surface area contributed by atoms with Gasteiger partial charge in [-0.05, 0) is 38.0 Å². The number of aliphatic carboxylic acids is 1. The second-order valence-corrected chi connectivity index (χ2v) is 7.03. The number of allylic oxidation sites excluding steroid dienone is 5. The van der Waals surface area contributed by atoms with Gasteiger partial charge in [0.25, 0.3) is 0 Å². The van der Waals surface area contributed by atoms with Crippen molar-refractivity contribution in [3.63, 3.8) is 0 Å². The van der Waals surface area contributed by atoms with Gasteiger partial charge in [-0.2, -0.15) is 0 Å². The molecule has 0 amide bonds. The van der Waals surface area contributed by atoms with Crippen molar-refractivity contribution in [1.82, 2.24) is 0 Å². The van der Waals surface area contributed by atoms with Crippen LogP contribution >= 0.6 is 0 Å².